The highest BCUT2D eigenvalue weighted by atomic mass is 16.3. The Morgan fingerprint density at radius 3 is 1.78 bits per heavy atom. The Bertz CT molecular complexity index is 3190. The summed E-state index contributed by atoms with van der Waals surface area (Å²) in [6.45, 7) is 0. The molecule has 0 aliphatic rings. The molecule has 0 N–H and O–H groups in total. The molecule has 0 spiro atoms. The lowest BCUT2D eigenvalue weighted by molar-refractivity contribution is 0.667. The van der Waals surface area contributed by atoms with Crippen LogP contribution >= 0.6 is 0 Å². The highest BCUT2D eigenvalue weighted by Crippen LogP contribution is 2.42. The van der Waals surface area contributed by atoms with Crippen LogP contribution in [0.4, 0.5) is 0 Å². The minimum atomic E-state index is 0.639. The van der Waals surface area contributed by atoms with Crippen molar-refractivity contribution in [2.75, 3.05) is 0 Å². The van der Waals surface area contributed by atoms with Crippen LogP contribution in [-0.4, -0.2) is 9.97 Å². The van der Waals surface area contributed by atoms with Crippen molar-refractivity contribution in [3.63, 3.8) is 0 Å². The van der Waals surface area contributed by atoms with E-state index in [-0.39, 0.29) is 0 Å². The highest BCUT2D eigenvalue weighted by molar-refractivity contribution is 6.16. The van der Waals surface area contributed by atoms with Crippen molar-refractivity contribution in [2.24, 2.45) is 0 Å². The number of hydrogen-bond donors (Lipinski definition) is 0. The number of nitrogens with zero attached hydrogens (tertiary/aromatic N) is 2. The molecule has 0 aliphatic heterocycles. The summed E-state index contributed by atoms with van der Waals surface area (Å²) >= 11 is 0. The van der Waals surface area contributed by atoms with E-state index in [9.17, 15) is 0 Å². The van der Waals surface area contributed by atoms with Crippen LogP contribution in [0.15, 0.2) is 191 Å². The summed E-state index contributed by atoms with van der Waals surface area (Å²) in [5.41, 5.74) is 13.4. The average molecular weight is 691 g/mol. The Kier molecular flexibility index (Phi) is 6.82. The van der Waals surface area contributed by atoms with Crippen molar-refractivity contribution in [1.82, 2.24) is 9.97 Å². The van der Waals surface area contributed by atoms with E-state index < -0.39 is 0 Å². The van der Waals surface area contributed by atoms with Crippen LogP contribution in [0.5, 0.6) is 0 Å². The van der Waals surface area contributed by atoms with Crippen molar-refractivity contribution < 1.29 is 8.83 Å². The molecule has 0 saturated carbocycles. The first-order chi connectivity index (χ1) is 26.7. The third-order valence-electron chi connectivity index (χ3n) is 10.5. The minimum Gasteiger partial charge on any atom is -0.456 e. The van der Waals surface area contributed by atoms with Crippen LogP contribution in [0.3, 0.4) is 0 Å². The van der Waals surface area contributed by atoms with E-state index >= 15 is 0 Å². The van der Waals surface area contributed by atoms with Gasteiger partial charge in [-0.25, -0.2) is 9.97 Å². The van der Waals surface area contributed by atoms with Crippen molar-refractivity contribution in [3.8, 4) is 56.0 Å². The van der Waals surface area contributed by atoms with Crippen molar-refractivity contribution in [3.05, 3.63) is 182 Å². The van der Waals surface area contributed by atoms with Gasteiger partial charge in [-0.1, -0.05) is 146 Å². The molecule has 3 aromatic heterocycles. The molecule has 0 fully saturated rings. The van der Waals surface area contributed by atoms with Crippen LogP contribution in [0.2, 0.25) is 0 Å². The van der Waals surface area contributed by atoms with Gasteiger partial charge in [0.1, 0.15) is 28.0 Å². The Morgan fingerprint density at radius 1 is 0.352 bits per heavy atom. The smallest absolute Gasteiger partial charge is 0.180 e. The Morgan fingerprint density at radius 2 is 0.963 bits per heavy atom. The number of benzene rings is 8. The summed E-state index contributed by atoms with van der Waals surface area (Å²) in [5, 5.41) is 5.43. The summed E-state index contributed by atoms with van der Waals surface area (Å²) < 4.78 is 13.1. The molecule has 0 radical (unpaired) electrons. The minimum absolute atomic E-state index is 0.639. The van der Waals surface area contributed by atoms with E-state index in [0.717, 1.165) is 71.9 Å². The zero-order valence-corrected chi connectivity index (χ0v) is 29.0. The largest absolute Gasteiger partial charge is 0.456 e. The normalized spacial score (nSPS) is 11.7. The third-order valence-corrected chi connectivity index (χ3v) is 10.5. The first-order valence-corrected chi connectivity index (χ1v) is 18.1. The molecule has 0 atom stereocenters. The van der Waals surface area contributed by atoms with Crippen molar-refractivity contribution in [1.29, 1.82) is 0 Å². The Hall–Kier alpha value is -7.30. The fraction of sp³-hybridized carbons (Fsp3) is 0. The van der Waals surface area contributed by atoms with Crippen LogP contribution in [0.25, 0.3) is 111 Å². The summed E-state index contributed by atoms with van der Waals surface area (Å²) in [6.07, 6.45) is 0. The van der Waals surface area contributed by atoms with Crippen LogP contribution < -0.4 is 0 Å². The molecule has 0 unspecified atom stereocenters. The molecule has 4 heteroatoms. The second kappa shape index (κ2) is 12.1. The van der Waals surface area contributed by atoms with Gasteiger partial charge in [-0.3, -0.25) is 0 Å². The van der Waals surface area contributed by atoms with E-state index in [2.05, 4.69) is 146 Å². The number of aromatic nitrogens is 2. The lowest BCUT2D eigenvalue weighted by atomic mass is 9.98. The molecule has 3 heterocycles. The predicted octanol–water partition coefficient (Wildman–Crippen LogP) is 13.8. The van der Waals surface area contributed by atoms with Gasteiger partial charge in [0.2, 0.25) is 0 Å². The topological polar surface area (TPSA) is 52.1 Å². The zero-order valence-electron chi connectivity index (χ0n) is 29.0. The second-order valence-corrected chi connectivity index (χ2v) is 13.7. The van der Waals surface area contributed by atoms with Crippen molar-refractivity contribution in [2.45, 2.75) is 0 Å². The number of fused-ring (bicyclic) bond motifs is 7. The maximum absolute atomic E-state index is 6.56. The van der Waals surface area contributed by atoms with Gasteiger partial charge < -0.3 is 8.83 Å². The molecule has 8 aromatic carbocycles. The first kappa shape index (κ1) is 30.3. The molecule has 11 aromatic rings. The number of rotatable bonds is 5. The van der Waals surface area contributed by atoms with Gasteiger partial charge in [0.05, 0.1) is 0 Å². The standard InChI is InChI=1S/C50H30N2O2/c1-2-9-31(10-3-1)33-17-19-35(20-18-33)39-27-28-40-45(30-39)53-44-16-8-14-42(46(40)44)48-49-47(41-13-6-7-15-43(41)54-49)51-50(52-48)36-24-21-34(22-25-36)38-26-23-32-11-4-5-12-37(32)29-38/h1-30H. The first-order valence-electron chi connectivity index (χ1n) is 18.1. The molecule has 4 nitrogen and oxygen atoms in total. The van der Waals surface area contributed by atoms with Crippen LogP contribution in [0, 0.1) is 0 Å². The third kappa shape index (κ3) is 5.00. The van der Waals surface area contributed by atoms with Gasteiger partial charge in [-0.2, -0.15) is 0 Å². The lowest BCUT2D eigenvalue weighted by Gasteiger charge is -2.09. The SMILES string of the molecule is c1ccc(-c2ccc(-c3ccc4c(c3)oc3cccc(-c5nc(-c6ccc(-c7ccc8ccccc8c7)cc6)nc6c5oc5ccccc56)c34)cc2)cc1. The summed E-state index contributed by atoms with van der Waals surface area (Å²) in [4.78, 5) is 10.4. The summed E-state index contributed by atoms with van der Waals surface area (Å²) in [5.74, 6) is 0.639. The van der Waals surface area contributed by atoms with E-state index in [4.69, 9.17) is 18.8 Å². The summed E-state index contributed by atoms with van der Waals surface area (Å²) in [6, 6.07) is 63.4. The molecular formula is C50H30N2O2. The van der Waals surface area contributed by atoms with Crippen molar-refractivity contribution >= 4 is 54.8 Å². The monoisotopic (exact) mass is 690 g/mol. The molecule has 54 heavy (non-hydrogen) atoms. The van der Waals surface area contributed by atoms with E-state index in [1.165, 1.54) is 27.5 Å². The number of furan rings is 2. The van der Waals surface area contributed by atoms with E-state index in [1.54, 1.807) is 0 Å². The number of para-hydroxylation sites is 1. The fourth-order valence-electron chi connectivity index (χ4n) is 7.77. The fourth-order valence-corrected chi connectivity index (χ4v) is 7.77. The van der Waals surface area contributed by atoms with Gasteiger partial charge in [0.25, 0.3) is 0 Å². The summed E-state index contributed by atoms with van der Waals surface area (Å²) in [7, 11) is 0. The van der Waals surface area contributed by atoms with Gasteiger partial charge in [0, 0.05) is 27.3 Å². The maximum Gasteiger partial charge on any atom is 0.180 e. The molecule has 252 valence electrons. The second-order valence-electron chi connectivity index (χ2n) is 13.7. The molecule has 11 rings (SSSR count). The van der Waals surface area contributed by atoms with Crippen LogP contribution in [-0.2, 0) is 0 Å². The van der Waals surface area contributed by atoms with Gasteiger partial charge in [0.15, 0.2) is 11.4 Å². The zero-order chi connectivity index (χ0) is 35.6. The predicted molar refractivity (Wildman–Crippen MR) is 221 cm³/mol. The van der Waals surface area contributed by atoms with Gasteiger partial charge >= 0.3 is 0 Å². The van der Waals surface area contributed by atoms with Gasteiger partial charge in [-0.15, -0.1) is 0 Å². The Balaban J connectivity index is 1.04. The molecule has 0 saturated heterocycles. The molecular weight excluding hydrogens is 661 g/mol. The lowest BCUT2D eigenvalue weighted by Crippen LogP contribution is -1.94. The quantitative estimate of drug-likeness (QED) is 0.180. The maximum atomic E-state index is 6.56. The number of hydrogen-bond acceptors (Lipinski definition) is 4. The Labute approximate surface area is 310 Å². The molecule has 0 amide bonds. The molecule has 0 bridgehead atoms. The van der Waals surface area contributed by atoms with E-state index in [1.807, 2.05) is 36.4 Å². The highest BCUT2D eigenvalue weighted by Gasteiger charge is 2.22. The van der Waals surface area contributed by atoms with Gasteiger partial charge in [-0.05, 0) is 80.6 Å². The molecule has 0 aliphatic carbocycles. The average Bonchev–Trinajstić information content (AvgIpc) is 3.82. The van der Waals surface area contributed by atoms with E-state index in [0.29, 0.717) is 11.4 Å². The van der Waals surface area contributed by atoms with Crippen LogP contribution in [0.1, 0.15) is 0 Å².